The fourth-order valence-corrected chi connectivity index (χ4v) is 3.42. The van der Waals surface area contributed by atoms with Gasteiger partial charge in [-0.1, -0.05) is 6.07 Å². The molecule has 0 radical (unpaired) electrons. The Balaban J connectivity index is 1.83. The van der Waals surface area contributed by atoms with Crippen LogP contribution in [0.1, 0.15) is 45.4 Å². The van der Waals surface area contributed by atoms with E-state index in [9.17, 15) is 14.4 Å². The zero-order valence-corrected chi connectivity index (χ0v) is 16.2. The standard InChI is InChI=1S/C20H20N2O4S/c1-12-9-17(14(3)27-12)18(23)7-8-19(24)26-13(2)20(25)22-16-6-4-5-15(10-16)11-21/h4-6,9-10,13H,7-8H2,1-3H3,(H,22,25)/t13-/m0/s1. The van der Waals surface area contributed by atoms with Gasteiger partial charge in [0.05, 0.1) is 18.1 Å². The topological polar surface area (TPSA) is 96.3 Å². The second-order valence-electron chi connectivity index (χ2n) is 6.06. The van der Waals surface area contributed by atoms with Gasteiger partial charge in [-0.15, -0.1) is 11.3 Å². The second-order valence-corrected chi connectivity index (χ2v) is 7.52. The number of benzene rings is 1. The number of esters is 1. The summed E-state index contributed by atoms with van der Waals surface area (Å²) in [5.41, 5.74) is 1.49. The van der Waals surface area contributed by atoms with E-state index in [0.29, 0.717) is 16.8 Å². The maximum absolute atomic E-state index is 12.2. The van der Waals surface area contributed by atoms with Gasteiger partial charge in [0, 0.05) is 27.4 Å². The SMILES string of the molecule is Cc1cc(C(=O)CCC(=O)O[C@@H](C)C(=O)Nc2cccc(C#N)c2)c(C)s1. The number of thiophene rings is 1. The van der Waals surface area contributed by atoms with Crippen LogP contribution in [0.2, 0.25) is 0 Å². The number of amides is 1. The lowest BCUT2D eigenvalue weighted by Gasteiger charge is -2.13. The summed E-state index contributed by atoms with van der Waals surface area (Å²) < 4.78 is 5.10. The van der Waals surface area contributed by atoms with Gasteiger partial charge in [0.15, 0.2) is 11.9 Å². The van der Waals surface area contributed by atoms with Crippen molar-refractivity contribution in [2.45, 2.75) is 39.7 Å². The maximum atomic E-state index is 12.2. The first kappa shape index (κ1) is 20.3. The third-order valence-electron chi connectivity index (χ3n) is 3.83. The Morgan fingerprint density at radius 3 is 2.59 bits per heavy atom. The number of hydrogen-bond donors (Lipinski definition) is 1. The Labute approximate surface area is 161 Å². The molecule has 1 aromatic carbocycles. The van der Waals surface area contributed by atoms with Crippen LogP contribution in [0.15, 0.2) is 30.3 Å². The van der Waals surface area contributed by atoms with Crippen LogP contribution in [0.3, 0.4) is 0 Å². The lowest BCUT2D eigenvalue weighted by atomic mass is 10.1. The molecule has 1 atom stereocenters. The molecule has 0 bridgehead atoms. The molecular formula is C20H20N2O4S. The highest BCUT2D eigenvalue weighted by molar-refractivity contribution is 7.12. The van der Waals surface area contributed by atoms with E-state index in [4.69, 9.17) is 10.00 Å². The smallest absolute Gasteiger partial charge is 0.307 e. The van der Waals surface area contributed by atoms with Crippen LogP contribution in [0.4, 0.5) is 5.69 Å². The van der Waals surface area contributed by atoms with Gasteiger partial charge in [0.1, 0.15) is 0 Å². The number of Topliss-reactive ketones (excluding diaryl/α,β-unsaturated/α-hetero) is 1. The highest BCUT2D eigenvalue weighted by atomic mass is 32.1. The number of hydrogen-bond acceptors (Lipinski definition) is 6. The summed E-state index contributed by atoms with van der Waals surface area (Å²) >= 11 is 1.54. The predicted octanol–water partition coefficient (Wildman–Crippen LogP) is 3.77. The fraction of sp³-hybridized carbons (Fsp3) is 0.300. The molecule has 1 amide bonds. The number of nitrogens with one attached hydrogen (secondary N) is 1. The van der Waals surface area contributed by atoms with E-state index in [1.165, 1.54) is 24.3 Å². The van der Waals surface area contributed by atoms with Gasteiger partial charge in [-0.3, -0.25) is 14.4 Å². The van der Waals surface area contributed by atoms with Crippen molar-refractivity contribution in [1.29, 1.82) is 5.26 Å². The number of ketones is 1. The molecule has 140 valence electrons. The number of ether oxygens (including phenoxy) is 1. The number of aryl methyl sites for hydroxylation is 2. The highest BCUT2D eigenvalue weighted by Gasteiger charge is 2.20. The Kier molecular flexibility index (Phi) is 6.85. The quantitative estimate of drug-likeness (QED) is 0.579. The Hall–Kier alpha value is -2.98. The second kappa shape index (κ2) is 9.10. The zero-order valence-electron chi connectivity index (χ0n) is 15.4. The minimum absolute atomic E-state index is 0.0361. The Bertz CT molecular complexity index is 911. The molecule has 0 saturated carbocycles. The van der Waals surface area contributed by atoms with Crippen molar-refractivity contribution < 1.29 is 19.1 Å². The lowest BCUT2D eigenvalue weighted by Crippen LogP contribution is -2.30. The molecule has 27 heavy (non-hydrogen) atoms. The Morgan fingerprint density at radius 1 is 1.22 bits per heavy atom. The van der Waals surface area contributed by atoms with Gasteiger partial charge < -0.3 is 10.1 Å². The first-order chi connectivity index (χ1) is 12.8. The van der Waals surface area contributed by atoms with E-state index in [1.54, 1.807) is 18.2 Å². The highest BCUT2D eigenvalue weighted by Crippen LogP contribution is 2.22. The zero-order chi connectivity index (χ0) is 20.0. The lowest BCUT2D eigenvalue weighted by molar-refractivity contribution is -0.153. The molecule has 0 aliphatic rings. The molecule has 0 aliphatic heterocycles. The minimum Gasteiger partial charge on any atom is -0.453 e. The number of carbonyl (C=O) groups is 3. The number of anilines is 1. The van der Waals surface area contributed by atoms with Gasteiger partial charge in [-0.2, -0.15) is 5.26 Å². The summed E-state index contributed by atoms with van der Waals surface area (Å²) in [5.74, 6) is -1.23. The van der Waals surface area contributed by atoms with Crippen molar-refractivity contribution in [3.8, 4) is 6.07 Å². The van der Waals surface area contributed by atoms with Crippen LogP contribution < -0.4 is 5.32 Å². The van der Waals surface area contributed by atoms with Gasteiger partial charge in [0.25, 0.3) is 5.91 Å². The van der Waals surface area contributed by atoms with E-state index >= 15 is 0 Å². The number of rotatable bonds is 7. The predicted molar refractivity (Wildman–Crippen MR) is 103 cm³/mol. The summed E-state index contributed by atoms with van der Waals surface area (Å²) in [5, 5.41) is 11.5. The summed E-state index contributed by atoms with van der Waals surface area (Å²) in [4.78, 5) is 38.2. The van der Waals surface area contributed by atoms with E-state index < -0.39 is 18.0 Å². The van der Waals surface area contributed by atoms with Gasteiger partial charge in [-0.25, -0.2) is 0 Å². The van der Waals surface area contributed by atoms with Crippen molar-refractivity contribution >= 4 is 34.7 Å². The molecule has 6 nitrogen and oxygen atoms in total. The largest absolute Gasteiger partial charge is 0.453 e. The van der Waals surface area contributed by atoms with Crippen LogP contribution in [-0.2, 0) is 14.3 Å². The van der Waals surface area contributed by atoms with Crippen LogP contribution in [0, 0.1) is 25.2 Å². The molecule has 1 heterocycles. The van der Waals surface area contributed by atoms with Crippen LogP contribution >= 0.6 is 11.3 Å². The average molecular weight is 384 g/mol. The fourth-order valence-electron chi connectivity index (χ4n) is 2.48. The third kappa shape index (κ3) is 5.76. The maximum Gasteiger partial charge on any atom is 0.307 e. The van der Waals surface area contributed by atoms with Crippen molar-refractivity contribution in [2.24, 2.45) is 0 Å². The summed E-state index contributed by atoms with van der Waals surface area (Å²) in [6, 6.07) is 10.2. The van der Waals surface area contributed by atoms with Gasteiger partial charge >= 0.3 is 5.97 Å². The molecule has 0 spiro atoms. The summed E-state index contributed by atoms with van der Waals surface area (Å²) in [7, 11) is 0. The van der Waals surface area contributed by atoms with Crippen LogP contribution in [0.5, 0.6) is 0 Å². The van der Waals surface area contributed by atoms with Crippen molar-refractivity contribution in [3.63, 3.8) is 0 Å². The molecule has 0 unspecified atom stereocenters. The Morgan fingerprint density at radius 2 is 1.96 bits per heavy atom. The number of nitriles is 1. The van der Waals surface area contributed by atoms with Crippen LogP contribution in [-0.4, -0.2) is 23.8 Å². The van der Waals surface area contributed by atoms with Gasteiger partial charge in [0.2, 0.25) is 0 Å². The van der Waals surface area contributed by atoms with E-state index in [1.807, 2.05) is 26.0 Å². The molecular weight excluding hydrogens is 364 g/mol. The minimum atomic E-state index is -1.01. The van der Waals surface area contributed by atoms with Crippen molar-refractivity contribution in [3.05, 3.63) is 51.2 Å². The third-order valence-corrected chi connectivity index (χ3v) is 4.80. The van der Waals surface area contributed by atoms with Crippen molar-refractivity contribution in [1.82, 2.24) is 0 Å². The summed E-state index contributed by atoms with van der Waals surface area (Å²) in [6.45, 7) is 5.25. The molecule has 1 aromatic heterocycles. The monoisotopic (exact) mass is 384 g/mol. The first-order valence-electron chi connectivity index (χ1n) is 8.41. The number of carbonyl (C=O) groups excluding carboxylic acids is 3. The molecule has 0 fully saturated rings. The van der Waals surface area contributed by atoms with E-state index in [-0.39, 0.29) is 18.6 Å². The normalized spacial score (nSPS) is 11.3. The van der Waals surface area contributed by atoms with Gasteiger partial charge in [-0.05, 0) is 45.0 Å². The van der Waals surface area contributed by atoms with Crippen molar-refractivity contribution in [2.75, 3.05) is 5.32 Å². The molecule has 0 aliphatic carbocycles. The van der Waals surface area contributed by atoms with E-state index in [2.05, 4.69) is 5.32 Å². The summed E-state index contributed by atoms with van der Waals surface area (Å²) in [6.07, 6.45) is -1.06. The average Bonchev–Trinajstić information content (AvgIpc) is 2.98. The number of nitrogens with zero attached hydrogens (tertiary/aromatic N) is 1. The molecule has 1 N–H and O–H groups in total. The first-order valence-corrected chi connectivity index (χ1v) is 9.22. The molecule has 2 aromatic rings. The molecule has 0 saturated heterocycles. The van der Waals surface area contributed by atoms with E-state index in [0.717, 1.165) is 9.75 Å². The van der Waals surface area contributed by atoms with Crippen LogP contribution in [0.25, 0.3) is 0 Å². The molecule has 7 heteroatoms. The molecule has 2 rings (SSSR count).